The fraction of sp³-hybridized carbons (Fsp3) is 0.333. The molecule has 0 aliphatic rings. The minimum absolute atomic E-state index is 0.220. The molecule has 0 radical (unpaired) electrons. The molecule has 100 valence electrons. The van der Waals surface area contributed by atoms with Gasteiger partial charge in [0.1, 0.15) is 11.6 Å². The minimum Gasteiger partial charge on any atom is -0.313 e. The third-order valence-electron chi connectivity index (χ3n) is 2.79. The maximum atomic E-state index is 12.8. The zero-order valence-corrected chi connectivity index (χ0v) is 11.1. The van der Waals surface area contributed by atoms with E-state index in [-0.39, 0.29) is 5.82 Å². The van der Waals surface area contributed by atoms with E-state index >= 15 is 0 Å². The van der Waals surface area contributed by atoms with E-state index in [0.29, 0.717) is 6.42 Å². The molecule has 4 heteroatoms. The molecular formula is C15H18FN3. The van der Waals surface area contributed by atoms with Crippen molar-refractivity contribution in [1.82, 2.24) is 15.3 Å². The Hall–Kier alpha value is -1.81. The highest BCUT2D eigenvalue weighted by atomic mass is 19.1. The van der Waals surface area contributed by atoms with Gasteiger partial charge in [-0.1, -0.05) is 19.1 Å². The summed E-state index contributed by atoms with van der Waals surface area (Å²) in [6.45, 7) is 3.93. The number of benzene rings is 1. The summed E-state index contributed by atoms with van der Waals surface area (Å²) in [6, 6.07) is 6.43. The predicted molar refractivity (Wildman–Crippen MR) is 73.2 cm³/mol. The first kappa shape index (κ1) is 13.6. The van der Waals surface area contributed by atoms with Gasteiger partial charge in [-0.15, -0.1) is 0 Å². The van der Waals surface area contributed by atoms with Gasteiger partial charge in [0, 0.05) is 30.9 Å². The molecule has 0 aliphatic heterocycles. The van der Waals surface area contributed by atoms with Crippen LogP contribution in [0.3, 0.4) is 0 Å². The minimum atomic E-state index is -0.220. The Morgan fingerprint density at radius 1 is 1.05 bits per heavy atom. The van der Waals surface area contributed by atoms with E-state index in [4.69, 9.17) is 0 Å². The van der Waals surface area contributed by atoms with E-state index in [0.717, 1.165) is 36.5 Å². The summed E-state index contributed by atoms with van der Waals surface area (Å²) in [5, 5.41) is 3.31. The normalized spacial score (nSPS) is 10.6. The highest BCUT2D eigenvalue weighted by molar-refractivity contribution is 5.20. The first-order valence-corrected chi connectivity index (χ1v) is 6.53. The molecule has 19 heavy (non-hydrogen) atoms. The van der Waals surface area contributed by atoms with Gasteiger partial charge in [0.25, 0.3) is 0 Å². The summed E-state index contributed by atoms with van der Waals surface area (Å²) < 4.78 is 12.8. The van der Waals surface area contributed by atoms with Gasteiger partial charge in [-0.25, -0.2) is 14.4 Å². The SMILES string of the molecule is CCCNCc1cnc(Cc2ccc(F)cc2)nc1. The van der Waals surface area contributed by atoms with Crippen molar-refractivity contribution in [2.75, 3.05) is 6.54 Å². The quantitative estimate of drug-likeness (QED) is 0.811. The Labute approximate surface area is 112 Å². The van der Waals surface area contributed by atoms with Crippen LogP contribution in [-0.2, 0) is 13.0 Å². The summed E-state index contributed by atoms with van der Waals surface area (Å²) >= 11 is 0. The van der Waals surface area contributed by atoms with Crippen molar-refractivity contribution in [2.24, 2.45) is 0 Å². The zero-order valence-electron chi connectivity index (χ0n) is 11.1. The van der Waals surface area contributed by atoms with Crippen LogP contribution in [0.5, 0.6) is 0 Å². The van der Waals surface area contributed by atoms with Crippen LogP contribution in [0, 0.1) is 5.82 Å². The lowest BCUT2D eigenvalue weighted by atomic mass is 10.1. The molecule has 0 saturated heterocycles. The summed E-state index contributed by atoms with van der Waals surface area (Å²) in [6.07, 6.45) is 5.43. The van der Waals surface area contributed by atoms with E-state index in [1.165, 1.54) is 12.1 Å². The van der Waals surface area contributed by atoms with Gasteiger partial charge in [-0.05, 0) is 30.7 Å². The van der Waals surface area contributed by atoms with E-state index < -0.39 is 0 Å². The molecule has 2 aromatic rings. The monoisotopic (exact) mass is 259 g/mol. The van der Waals surface area contributed by atoms with Crippen molar-refractivity contribution in [1.29, 1.82) is 0 Å². The van der Waals surface area contributed by atoms with Crippen molar-refractivity contribution in [3.63, 3.8) is 0 Å². The van der Waals surface area contributed by atoms with Gasteiger partial charge in [0.15, 0.2) is 0 Å². The predicted octanol–water partition coefficient (Wildman–Crippen LogP) is 2.71. The third-order valence-corrected chi connectivity index (χ3v) is 2.79. The second-order valence-corrected chi connectivity index (χ2v) is 4.49. The lowest BCUT2D eigenvalue weighted by Gasteiger charge is -2.04. The molecule has 1 heterocycles. The standard InChI is InChI=1S/C15H18FN3/c1-2-7-17-9-13-10-18-15(19-11-13)8-12-3-5-14(16)6-4-12/h3-6,10-11,17H,2,7-9H2,1H3. The van der Waals surface area contributed by atoms with Crippen LogP contribution in [0.1, 0.15) is 30.3 Å². The first-order valence-electron chi connectivity index (χ1n) is 6.53. The third kappa shape index (κ3) is 4.41. The molecule has 0 atom stereocenters. The van der Waals surface area contributed by atoms with E-state index in [9.17, 15) is 4.39 Å². The van der Waals surface area contributed by atoms with Gasteiger partial charge in [-0.2, -0.15) is 0 Å². The van der Waals surface area contributed by atoms with Crippen LogP contribution < -0.4 is 5.32 Å². The molecule has 0 amide bonds. The Morgan fingerprint density at radius 2 is 1.74 bits per heavy atom. The second-order valence-electron chi connectivity index (χ2n) is 4.49. The molecule has 0 fully saturated rings. The molecule has 0 unspecified atom stereocenters. The Morgan fingerprint density at radius 3 is 2.37 bits per heavy atom. The topological polar surface area (TPSA) is 37.8 Å². The first-order chi connectivity index (χ1) is 9.28. The van der Waals surface area contributed by atoms with Crippen molar-refractivity contribution in [2.45, 2.75) is 26.3 Å². The Bertz CT molecular complexity index is 494. The van der Waals surface area contributed by atoms with E-state index in [1.807, 2.05) is 12.4 Å². The summed E-state index contributed by atoms with van der Waals surface area (Å²) in [4.78, 5) is 8.66. The molecule has 1 aromatic carbocycles. The number of hydrogen-bond donors (Lipinski definition) is 1. The van der Waals surface area contributed by atoms with E-state index in [1.54, 1.807) is 12.1 Å². The van der Waals surface area contributed by atoms with Crippen LogP contribution in [-0.4, -0.2) is 16.5 Å². The lowest BCUT2D eigenvalue weighted by Crippen LogP contribution is -2.14. The van der Waals surface area contributed by atoms with Crippen LogP contribution >= 0.6 is 0 Å². The van der Waals surface area contributed by atoms with Gasteiger partial charge < -0.3 is 5.32 Å². The maximum Gasteiger partial charge on any atom is 0.132 e. The molecule has 0 saturated carbocycles. The average Bonchev–Trinajstić information content (AvgIpc) is 2.44. The Balaban J connectivity index is 1.92. The van der Waals surface area contributed by atoms with Crippen molar-refractivity contribution >= 4 is 0 Å². The lowest BCUT2D eigenvalue weighted by molar-refractivity contribution is 0.627. The van der Waals surface area contributed by atoms with Crippen LogP contribution in [0.15, 0.2) is 36.7 Å². The van der Waals surface area contributed by atoms with Crippen LogP contribution in [0.4, 0.5) is 4.39 Å². The fourth-order valence-corrected chi connectivity index (χ4v) is 1.76. The van der Waals surface area contributed by atoms with Crippen molar-refractivity contribution in [3.8, 4) is 0 Å². The summed E-state index contributed by atoms with van der Waals surface area (Å²) in [5.74, 6) is 0.535. The smallest absolute Gasteiger partial charge is 0.132 e. The molecule has 0 bridgehead atoms. The number of hydrogen-bond acceptors (Lipinski definition) is 3. The number of rotatable bonds is 6. The Kier molecular flexibility index (Phi) is 4.98. The number of halogens is 1. The highest BCUT2D eigenvalue weighted by Gasteiger charge is 2.00. The molecular weight excluding hydrogens is 241 g/mol. The number of nitrogens with one attached hydrogen (secondary N) is 1. The van der Waals surface area contributed by atoms with Gasteiger partial charge >= 0.3 is 0 Å². The zero-order chi connectivity index (χ0) is 13.5. The van der Waals surface area contributed by atoms with Crippen LogP contribution in [0.25, 0.3) is 0 Å². The largest absolute Gasteiger partial charge is 0.313 e. The second kappa shape index (κ2) is 6.95. The molecule has 0 aliphatic carbocycles. The maximum absolute atomic E-state index is 12.8. The number of aromatic nitrogens is 2. The number of nitrogens with zero attached hydrogens (tertiary/aromatic N) is 2. The van der Waals surface area contributed by atoms with Crippen LogP contribution in [0.2, 0.25) is 0 Å². The molecule has 0 spiro atoms. The fourth-order valence-electron chi connectivity index (χ4n) is 1.76. The molecule has 2 rings (SSSR count). The average molecular weight is 259 g/mol. The van der Waals surface area contributed by atoms with Crippen molar-refractivity contribution in [3.05, 3.63) is 59.4 Å². The van der Waals surface area contributed by atoms with E-state index in [2.05, 4.69) is 22.2 Å². The highest BCUT2D eigenvalue weighted by Crippen LogP contribution is 2.07. The van der Waals surface area contributed by atoms with Crippen molar-refractivity contribution < 1.29 is 4.39 Å². The summed E-state index contributed by atoms with van der Waals surface area (Å²) in [7, 11) is 0. The summed E-state index contributed by atoms with van der Waals surface area (Å²) in [5.41, 5.74) is 2.09. The van der Waals surface area contributed by atoms with Gasteiger partial charge in [0.05, 0.1) is 0 Å². The van der Waals surface area contributed by atoms with Gasteiger partial charge in [0.2, 0.25) is 0 Å². The molecule has 1 N–H and O–H groups in total. The molecule has 1 aromatic heterocycles. The molecule has 3 nitrogen and oxygen atoms in total. The van der Waals surface area contributed by atoms with Gasteiger partial charge in [-0.3, -0.25) is 0 Å².